The topological polar surface area (TPSA) is 84.5 Å². The summed E-state index contributed by atoms with van der Waals surface area (Å²) in [6.45, 7) is 7.29. The normalized spacial score (nSPS) is 12.1. The van der Waals surface area contributed by atoms with Crippen molar-refractivity contribution in [3.63, 3.8) is 0 Å². The van der Waals surface area contributed by atoms with Crippen molar-refractivity contribution in [1.82, 2.24) is 5.32 Å². The zero-order valence-corrected chi connectivity index (χ0v) is 18.7. The van der Waals surface area contributed by atoms with Crippen molar-refractivity contribution < 1.29 is 19.1 Å². The number of rotatable bonds is 6. The number of carbonyl (C=O) groups is 3. The summed E-state index contributed by atoms with van der Waals surface area (Å²) in [5, 5.41) is 5.51. The minimum absolute atomic E-state index is 0.0230. The molecule has 0 fully saturated rings. The third-order valence-corrected chi connectivity index (χ3v) is 5.11. The van der Waals surface area contributed by atoms with E-state index < -0.39 is 23.9 Å². The van der Waals surface area contributed by atoms with Crippen LogP contribution < -0.4 is 10.6 Å². The van der Waals surface area contributed by atoms with E-state index in [0.717, 1.165) is 5.56 Å². The van der Waals surface area contributed by atoms with Gasteiger partial charge < -0.3 is 15.4 Å². The van der Waals surface area contributed by atoms with E-state index in [1.165, 1.54) is 6.92 Å². The number of carbonyl (C=O) groups excluding carboxylic acids is 3. The molecule has 1 unspecified atom stereocenters. The fraction of sp³-hybridized carbons (Fsp3) is 0.318. The van der Waals surface area contributed by atoms with E-state index in [-0.39, 0.29) is 22.0 Å². The Morgan fingerprint density at radius 2 is 1.67 bits per heavy atom. The molecule has 0 aliphatic rings. The van der Waals surface area contributed by atoms with Crippen LogP contribution in [0.3, 0.4) is 0 Å². The molecule has 0 radical (unpaired) electrons. The van der Waals surface area contributed by atoms with Gasteiger partial charge >= 0.3 is 5.97 Å². The Morgan fingerprint density at radius 1 is 1.03 bits per heavy atom. The van der Waals surface area contributed by atoms with Crippen LogP contribution in [0.25, 0.3) is 0 Å². The molecule has 0 aliphatic heterocycles. The molecule has 0 heterocycles. The predicted molar refractivity (Wildman–Crippen MR) is 118 cm³/mol. The molecule has 160 valence electrons. The zero-order chi connectivity index (χ0) is 22.5. The highest BCUT2D eigenvalue weighted by Gasteiger charge is 2.20. The summed E-state index contributed by atoms with van der Waals surface area (Å²) in [6.07, 6.45) is -1.09. The standard InChI is InChI=1S/C22H24Cl2N2O4/c1-13(20(28)26-17-7-5-6-16(23)19(17)24)30-18(27)12-25-21(29)14-8-10-15(11-9-14)22(2,3)4/h5-11,13H,12H2,1-4H3,(H,25,29)(H,26,28). The lowest BCUT2D eigenvalue weighted by Gasteiger charge is -2.19. The second-order valence-corrected chi connectivity index (χ2v) is 8.52. The highest BCUT2D eigenvalue weighted by Crippen LogP contribution is 2.29. The molecule has 0 spiro atoms. The van der Waals surface area contributed by atoms with Gasteiger partial charge in [0, 0.05) is 5.56 Å². The Kier molecular flexibility index (Phi) is 7.87. The van der Waals surface area contributed by atoms with Gasteiger partial charge in [0.25, 0.3) is 11.8 Å². The number of amides is 2. The third-order valence-electron chi connectivity index (χ3n) is 4.29. The van der Waals surface area contributed by atoms with Crippen LogP contribution in [-0.2, 0) is 19.7 Å². The Balaban J connectivity index is 1.85. The lowest BCUT2D eigenvalue weighted by atomic mass is 9.87. The quantitative estimate of drug-likeness (QED) is 0.630. The van der Waals surface area contributed by atoms with Crippen LogP contribution in [0.4, 0.5) is 5.69 Å². The predicted octanol–water partition coefficient (Wildman–Crippen LogP) is 4.59. The smallest absolute Gasteiger partial charge is 0.326 e. The van der Waals surface area contributed by atoms with Crippen LogP contribution in [0.1, 0.15) is 43.6 Å². The molecule has 2 N–H and O–H groups in total. The first-order chi connectivity index (χ1) is 14.0. The highest BCUT2D eigenvalue weighted by molar-refractivity contribution is 6.44. The molecule has 0 saturated heterocycles. The molecule has 2 amide bonds. The molecule has 0 aromatic heterocycles. The molecule has 2 aromatic rings. The van der Waals surface area contributed by atoms with Gasteiger partial charge in [0.05, 0.1) is 15.7 Å². The molecule has 30 heavy (non-hydrogen) atoms. The largest absolute Gasteiger partial charge is 0.451 e. The van der Waals surface area contributed by atoms with E-state index in [1.807, 2.05) is 12.1 Å². The summed E-state index contributed by atoms with van der Waals surface area (Å²) < 4.78 is 5.06. The summed E-state index contributed by atoms with van der Waals surface area (Å²) in [4.78, 5) is 36.4. The lowest BCUT2D eigenvalue weighted by Crippen LogP contribution is -2.35. The molecule has 0 bridgehead atoms. The van der Waals surface area contributed by atoms with Crippen LogP contribution in [-0.4, -0.2) is 30.4 Å². The summed E-state index contributed by atoms with van der Waals surface area (Å²) in [6, 6.07) is 11.9. The van der Waals surface area contributed by atoms with Crippen LogP contribution in [0.15, 0.2) is 42.5 Å². The second kappa shape index (κ2) is 9.96. The van der Waals surface area contributed by atoms with Gasteiger partial charge in [0.15, 0.2) is 6.10 Å². The number of hydrogen-bond acceptors (Lipinski definition) is 4. The van der Waals surface area contributed by atoms with E-state index >= 15 is 0 Å². The summed E-state index contributed by atoms with van der Waals surface area (Å²) in [7, 11) is 0. The van der Waals surface area contributed by atoms with Crippen LogP contribution in [0, 0.1) is 0 Å². The van der Waals surface area contributed by atoms with Gasteiger partial charge in [-0.3, -0.25) is 14.4 Å². The monoisotopic (exact) mass is 450 g/mol. The summed E-state index contributed by atoms with van der Waals surface area (Å²) >= 11 is 11.9. The zero-order valence-electron chi connectivity index (χ0n) is 17.2. The number of benzene rings is 2. The van der Waals surface area contributed by atoms with Crippen LogP contribution in [0.5, 0.6) is 0 Å². The Labute approximate surface area is 185 Å². The first-order valence-corrected chi connectivity index (χ1v) is 10.1. The van der Waals surface area contributed by atoms with Crippen molar-refractivity contribution in [2.24, 2.45) is 0 Å². The molecule has 8 heteroatoms. The van der Waals surface area contributed by atoms with Crippen molar-refractivity contribution >= 4 is 46.7 Å². The minimum atomic E-state index is -1.09. The van der Waals surface area contributed by atoms with Crippen molar-refractivity contribution in [1.29, 1.82) is 0 Å². The first kappa shape index (κ1) is 23.7. The van der Waals surface area contributed by atoms with Gasteiger partial charge in [0.2, 0.25) is 0 Å². The van der Waals surface area contributed by atoms with Crippen molar-refractivity contribution in [3.8, 4) is 0 Å². The molecule has 2 rings (SSSR count). The highest BCUT2D eigenvalue weighted by atomic mass is 35.5. The number of halogens is 2. The Hall–Kier alpha value is -2.57. The maximum absolute atomic E-state index is 12.2. The maximum Gasteiger partial charge on any atom is 0.326 e. The SMILES string of the molecule is CC(OC(=O)CNC(=O)c1ccc(C(C)(C)C)cc1)C(=O)Nc1cccc(Cl)c1Cl. The number of anilines is 1. The van der Waals surface area contributed by atoms with E-state index in [1.54, 1.807) is 30.3 Å². The van der Waals surface area contributed by atoms with Gasteiger partial charge in [-0.05, 0) is 42.2 Å². The number of hydrogen-bond donors (Lipinski definition) is 2. The molecule has 0 aliphatic carbocycles. The maximum atomic E-state index is 12.2. The van der Waals surface area contributed by atoms with Gasteiger partial charge in [-0.25, -0.2) is 0 Å². The minimum Gasteiger partial charge on any atom is -0.451 e. The summed E-state index contributed by atoms with van der Waals surface area (Å²) in [5.74, 6) is -1.72. The van der Waals surface area contributed by atoms with Crippen LogP contribution >= 0.6 is 23.2 Å². The van der Waals surface area contributed by atoms with E-state index in [9.17, 15) is 14.4 Å². The van der Waals surface area contributed by atoms with Crippen molar-refractivity contribution in [2.45, 2.75) is 39.2 Å². The fourth-order valence-electron chi connectivity index (χ4n) is 2.50. The first-order valence-electron chi connectivity index (χ1n) is 9.32. The van der Waals surface area contributed by atoms with Crippen molar-refractivity contribution in [3.05, 3.63) is 63.6 Å². The van der Waals surface area contributed by atoms with Gasteiger partial charge in [0.1, 0.15) is 6.54 Å². The number of ether oxygens (including phenoxy) is 1. The Morgan fingerprint density at radius 3 is 2.27 bits per heavy atom. The summed E-state index contributed by atoms with van der Waals surface area (Å²) in [5.41, 5.74) is 1.81. The molecular formula is C22H24Cl2N2O4. The van der Waals surface area contributed by atoms with E-state index in [4.69, 9.17) is 27.9 Å². The van der Waals surface area contributed by atoms with Crippen molar-refractivity contribution in [2.75, 3.05) is 11.9 Å². The molecule has 6 nitrogen and oxygen atoms in total. The fourth-order valence-corrected chi connectivity index (χ4v) is 2.85. The van der Waals surface area contributed by atoms with E-state index in [2.05, 4.69) is 31.4 Å². The number of esters is 1. The molecule has 1 atom stereocenters. The molecular weight excluding hydrogens is 427 g/mol. The number of nitrogens with one attached hydrogen (secondary N) is 2. The second-order valence-electron chi connectivity index (χ2n) is 7.73. The van der Waals surface area contributed by atoms with Gasteiger partial charge in [-0.15, -0.1) is 0 Å². The average molecular weight is 451 g/mol. The lowest BCUT2D eigenvalue weighted by molar-refractivity contribution is -0.152. The Bertz CT molecular complexity index is 937. The van der Waals surface area contributed by atoms with Gasteiger partial charge in [-0.1, -0.05) is 62.2 Å². The van der Waals surface area contributed by atoms with E-state index in [0.29, 0.717) is 11.3 Å². The third kappa shape index (κ3) is 6.47. The molecule has 2 aromatic carbocycles. The average Bonchev–Trinajstić information content (AvgIpc) is 2.69. The van der Waals surface area contributed by atoms with Crippen LogP contribution in [0.2, 0.25) is 10.0 Å². The van der Waals surface area contributed by atoms with Gasteiger partial charge in [-0.2, -0.15) is 0 Å². The molecule has 0 saturated carbocycles.